The number of anilines is 1. The van der Waals surface area contributed by atoms with E-state index < -0.39 is 10.0 Å². The monoisotopic (exact) mass is 459 g/mol. The van der Waals surface area contributed by atoms with Crippen LogP contribution in [0.1, 0.15) is 5.56 Å². The lowest BCUT2D eigenvalue weighted by molar-refractivity contribution is 0.601. The molecule has 0 radical (unpaired) electrons. The predicted octanol–water partition coefficient (Wildman–Crippen LogP) is 4.80. The van der Waals surface area contributed by atoms with E-state index in [1.165, 1.54) is 18.2 Å². The summed E-state index contributed by atoms with van der Waals surface area (Å²) in [5.41, 5.74) is 1.33. The van der Waals surface area contributed by atoms with Crippen molar-refractivity contribution >= 4 is 54.8 Å². The molecule has 130 valence electrons. The third kappa shape index (κ3) is 4.55. The van der Waals surface area contributed by atoms with Crippen LogP contribution >= 0.6 is 39.1 Å². The molecule has 0 spiro atoms. The highest BCUT2D eigenvalue weighted by molar-refractivity contribution is 9.10. The average molecular weight is 461 g/mol. The molecule has 0 unspecified atom stereocenters. The Balaban J connectivity index is 1.85. The summed E-state index contributed by atoms with van der Waals surface area (Å²) in [6, 6.07) is 11.4. The van der Waals surface area contributed by atoms with Gasteiger partial charge in [-0.25, -0.2) is 8.42 Å². The molecule has 0 bridgehead atoms. The normalized spacial score (nSPS) is 11.5. The highest BCUT2D eigenvalue weighted by Crippen LogP contribution is 2.27. The lowest BCUT2D eigenvalue weighted by Gasteiger charge is -2.11. The van der Waals surface area contributed by atoms with Gasteiger partial charge in [0, 0.05) is 16.9 Å². The molecule has 0 atom stereocenters. The van der Waals surface area contributed by atoms with Crippen molar-refractivity contribution in [1.29, 1.82) is 0 Å². The number of benzene rings is 2. The summed E-state index contributed by atoms with van der Waals surface area (Å²) in [7, 11) is -3.85. The van der Waals surface area contributed by atoms with Gasteiger partial charge < -0.3 is 0 Å². The van der Waals surface area contributed by atoms with Crippen molar-refractivity contribution in [3.8, 4) is 0 Å². The fourth-order valence-corrected chi connectivity index (χ4v) is 4.38. The SMILES string of the molecule is O=S(=O)(Nc1cccc(Cn2cc(Br)cn2)c1)c1cc(Cl)ccc1Cl. The minimum Gasteiger partial charge on any atom is -0.280 e. The number of nitrogens with one attached hydrogen (secondary N) is 1. The second-order valence-electron chi connectivity index (χ2n) is 5.24. The maximum Gasteiger partial charge on any atom is 0.263 e. The van der Waals surface area contributed by atoms with E-state index in [1.54, 1.807) is 29.1 Å². The number of sulfonamides is 1. The van der Waals surface area contributed by atoms with Crippen LogP contribution in [-0.4, -0.2) is 18.2 Å². The van der Waals surface area contributed by atoms with E-state index >= 15 is 0 Å². The number of rotatable bonds is 5. The largest absolute Gasteiger partial charge is 0.280 e. The Morgan fingerprint density at radius 3 is 2.68 bits per heavy atom. The van der Waals surface area contributed by atoms with Crippen LogP contribution in [0.3, 0.4) is 0 Å². The highest BCUT2D eigenvalue weighted by Gasteiger charge is 2.18. The van der Waals surface area contributed by atoms with Gasteiger partial charge >= 0.3 is 0 Å². The van der Waals surface area contributed by atoms with Crippen LogP contribution in [0.5, 0.6) is 0 Å². The van der Waals surface area contributed by atoms with Crippen LogP contribution in [-0.2, 0) is 16.6 Å². The highest BCUT2D eigenvalue weighted by atomic mass is 79.9. The average Bonchev–Trinajstić information content (AvgIpc) is 2.94. The molecule has 3 aromatic rings. The zero-order valence-electron chi connectivity index (χ0n) is 12.7. The number of nitrogens with zero attached hydrogens (tertiary/aromatic N) is 2. The van der Waals surface area contributed by atoms with Crippen LogP contribution in [0, 0.1) is 0 Å². The smallest absolute Gasteiger partial charge is 0.263 e. The molecule has 9 heteroatoms. The van der Waals surface area contributed by atoms with Crippen molar-refractivity contribution in [2.75, 3.05) is 4.72 Å². The summed E-state index contributed by atoms with van der Waals surface area (Å²) in [4.78, 5) is -0.0666. The van der Waals surface area contributed by atoms with Gasteiger partial charge in [0.05, 0.1) is 22.2 Å². The first kappa shape index (κ1) is 18.3. The molecule has 0 amide bonds. The summed E-state index contributed by atoms with van der Waals surface area (Å²) in [5.74, 6) is 0. The first-order valence-electron chi connectivity index (χ1n) is 7.08. The Bertz CT molecular complexity index is 1020. The maximum atomic E-state index is 12.6. The molecule has 2 aromatic carbocycles. The Morgan fingerprint density at radius 1 is 1.16 bits per heavy atom. The molecule has 1 aromatic heterocycles. The van der Waals surface area contributed by atoms with Crippen LogP contribution in [0.2, 0.25) is 10.0 Å². The summed E-state index contributed by atoms with van der Waals surface area (Å²) in [6.45, 7) is 0.513. The molecule has 3 rings (SSSR count). The second kappa shape index (κ2) is 7.37. The quantitative estimate of drug-likeness (QED) is 0.594. The van der Waals surface area contributed by atoms with E-state index in [-0.39, 0.29) is 9.92 Å². The fourth-order valence-electron chi connectivity index (χ4n) is 2.24. The van der Waals surface area contributed by atoms with Crippen LogP contribution < -0.4 is 4.72 Å². The Kier molecular flexibility index (Phi) is 5.38. The molecule has 0 saturated carbocycles. The van der Waals surface area contributed by atoms with Crippen molar-refractivity contribution < 1.29 is 8.42 Å². The zero-order valence-corrected chi connectivity index (χ0v) is 16.6. The van der Waals surface area contributed by atoms with Gasteiger partial charge in [-0.3, -0.25) is 9.40 Å². The van der Waals surface area contributed by atoms with E-state index in [0.717, 1.165) is 10.0 Å². The minimum atomic E-state index is -3.85. The van der Waals surface area contributed by atoms with Gasteiger partial charge in [-0.2, -0.15) is 5.10 Å². The number of aromatic nitrogens is 2. The van der Waals surface area contributed by atoms with Crippen molar-refractivity contribution in [2.45, 2.75) is 11.4 Å². The number of hydrogen-bond donors (Lipinski definition) is 1. The molecule has 5 nitrogen and oxygen atoms in total. The number of halogens is 3. The zero-order chi connectivity index (χ0) is 18.0. The van der Waals surface area contributed by atoms with Gasteiger partial charge in [-0.15, -0.1) is 0 Å². The first-order valence-corrected chi connectivity index (χ1v) is 10.1. The van der Waals surface area contributed by atoms with Crippen molar-refractivity contribution in [2.24, 2.45) is 0 Å². The third-order valence-electron chi connectivity index (χ3n) is 3.31. The topological polar surface area (TPSA) is 64.0 Å². The van der Waals surface area contributed by atoms with Gasteiger partial charge in [0.25, 0.3) is 10.0 Å². The van der Waals surface area contributed by atoms with Crippen LogP contribution in [0.15, 0.2) is 64.2 Å². The second-order valence-corrected chi connectivity index (χ2v) is 8.65. The summed E-state index contributed by atoms with van der Waals surface area (Å²) >= 11 is 15.2. The van der Waals surface area contributed by atoms with Crippen LogP contribution in [0.4, 0.5) is 5.69 Å². The van der Waals surface area contributed by atoms with E-state index in [9.17, 15) is 8.42 Å². The molecule has 0 fully saturated rings. The van der Waals surface area contributed by atoms with Gasteiger partial charge in [-0.1, -0.05) is 35.3 Å². The lowest BCUT2D eigenvalue weighted by atomic mass is 10.2. The van der Waals surface area contributed by atoms with Gasteiger partial charge in [0.2, 0.25) is 0 Å². The van der Waals surface area contributed by atoms with E-state index in [4.69, 9.17) is 23.2 Å². The number of hydrogen-bond acceptors (Lipinski definition) is 3. The molecule has 0 aliphatic heterocycles. The third-order valence-corrected chi connectivity index (χ3v) is 5.82. The Hall–Kier alpha value is -1.54. The van der Waals surface area contributed by atoms with Crippen molar-refractivity contribution in [3.63, 3.8) is 0 Å². The molecule has 0 saturated heterocycles. The molecule has 0 aliphatic carbocycles. The molecule has 1 N–H and O–H groups in total. The van der Waals surface area contributed by atoms with Gasteiger partial charge in [0.15, 0.2) is 0 Å². The Labute approximate surface area is 163 Å². The molecule has 1 heterocycles. The predicted molar refractivity (Wildman–Crippen MR) is 103 cm³/mol. The molecular formula is C16H12BrCl2N3O2S. The van der Waals surface area contributed by atoms with Crippen LogP contribution in [0.25, 0.3) is 0 Å². The lowest BCUT2D eigenvalue weighted by Crippen LogP contribution is -2.13. The van der Waals surface area contributed by atoms with Crippen molar-refractivity contribution in [3.05, 3.63) is 74.9 Å². The van der Waals surface area contributed by atoms with E-state index in [1.807, 2.05) is 12.3 Å². The maximum absolute atomic E-state index is 12.6. The van der Waals surface area contributed by atoms with E-state index in [0.29, 0.717) is 17.3 Å². The fraction of sp³-hybridized carbons (Fsp3) is 0.0625. The van der Waals surface area contributed by atoms with Gasteiger partial charge in [0.1, 0.15) is 4.90 Å². The van der Waals surface area contributed by atoms with Gasteiger partial charge in [-0.05, 0) is 51.8 Å². The molecule has 25 heavy (non-hydrogen) atoms. The first-order chi connectivity index (χ1) is 11.8. The Morgan fingerprint density at radius 2 is 1.96 bits per heavy atom. The van der Waals surface area contributed by atoms with Crippen molar-refractivity contribution in [1.82, 2.24) is 9.78 Å². The standard InChI is InChI=1S/C16H12BrCl2N3O2S/c17-12-8-20-22(10-12)9-11-2-1-3-14(6-11)21-25(23,24)16-7-13(18)4-5-15(16)19/h1-8,10,21H,9H2. The minimum absolute atomic E-state index is 0.0666. The molecular weight excluding hydrogens is 449 g/mol. The molecule has 0 aliphatic rings. The summed E-state index contributed by atoms with van der Waals surface area (Å²) in [6.07, 6.45) is 3.52. The van der Waals surface area contributed by atoms with E-state index in [2.05, 4.69) is 25.8 Å². The summed E-state index contributed by atoms with van der Waals surface area (Å²) in [5, 5.41) is 4.58. The summed E-state index contributed by atoms with van der Waals surface area (Å²) < 4.78 is 30.3.